The molecule has 0 fully saturated rings. The fraction of sp³-hybridized carbons (Fsp3) is 0.214. The van der Waals surface area contributed by atoms with Gasteiger partial charge in [0.15, 0.2) is 5.65 Å². The molecule has 6 nitrogen and oxygen atoms in total. The van der Waals surface area contributed by atoms with Crippen molar-refractivity contribution in [3.63, 3.8) is 0 Å². The molecule has 3 aromatic rings. The van der Waals surface area contributed by atoms with Crippen molar-refractivity contribution in [2.45, 2.75) is 6.42 Å². The van der Waals surface area contributed by atoms with Crippen molar-refractivity contribution >= 4 is 11.6 Å². The predicted octanol–water partition coefficient (Wildman–Crippen LogP) is 1.04. The molecule has 0 unspecified atom stereocenters. The monoisotopic (exact) mass is 269 g/mol. The summed E-state index contributed by atoms with van der Waals surface area (Å²) in [5.74, 6) is 0.763. The van der Waals surface area contributed by atoms with Gasteiger partial charge < -0.3 is 9.88 Å². The summed E-state index contributed by atoms with van der Waals surface area (Å²) in [6, 6.07) is 9.40. The summed E-state index contributed by atoms with van der Waals surface area (Å²) in [6.07, 6.45) is 4.41. The lowest BCUT2D eigenvalue weighted by Gasteiger charge is -2.05. The first-order valence-corrected chi connectivity index (χ1v) is 6.44. The van der Waals surface area contributed by atoms with Gasteiger partial charge in [-0.1, -0.05) is 6.07 Å². The van der Waals surface area contributed by atoms with Gasteiger partial charge in [0, 0.05) is 32.4 Å². The lowest BCUT2D eigenvalue weighted by atomic mass is 10.3. The fourth-order valence-corrected chi connectivity index (χ4v) is 2.14. The van der Waals surface area contributed by atoms with Crippen molar-refractivity contribution in [1.82, 2.24) is 24.5 Å². The van der Waals surface area contributed by atoms with Crippen LogP contribution in [0.15, 0.2) is 42.7 Å². The molecular weight excluding hydrogens is 254 g/mol. The summed E-state index contributed by atoms with van der Waals surface area (Å²) >= 11 is 0. The van der Waals surface area contributed by atoms with E-state index in [4.69, 9.17) is 0 Å². The molecule has 0 aliphatic rings. The van der Waals surface area contributed by atoms with Gasteiger partial charge in [-0.15, -0.1) is 10.2 Å². The van der Waals surface area contributed by atoms with E-state index in [-0.39, 0.29) is 5.91 Å². The number of hydrogen-bond donors (Lipinski definition) is 1. The van der Waals surface area contributed by atoms with Gasteiger partial charge in [-0.05, 0) is 24.3 Å². The number of nitrogens with zero attached hydrogens (tertiary/aromatic N) is 4. The molecular formula is C14H15N5O. The Balaban J connectivity index is 1.63. The molecule has 0 aliphatic heterocycles. The number of hydrogen-bond acceptors (Lipinski definition) is 3. The summed E-state index contributed by atoms with van der Waals surface area (Å²) in [5, 5.41) is 11.1. The third kappa shape index (κ3) is 2.27. The van der Waals surface area contributed by atoms with Crippen LogP contribution in [0.5, 0.6) is 0 Å². The van der Waals surface area contributed by atoms with E-state index in [0.29, 0.717) is 18.7 Å². The van der Waals surface area contributed by atoms with E-state index < -0.39 is 0 Å². The van der Waals surface area contributed by atoms with Gasteiger partial charge in [-0.2, -0.15) is 0 Å². The summed E-state index contributed by atoms with van der Waals surface area (Å²) in [4.78, 5) is 11.9. The van der Waals surface area contributed by atoms with Crippen LogP contribution in [0.1, 0.15) is 16.3 Å². The van der Waals surface area contributed by atoms with Crippen molar-refractivity contribution in [2.24, 2.45) is 7.05 Å². The molecule has 1 N–H and O–H groups in total. The Bertz CT molecular complexity index is 743. The number of carbonyl (C=O) groups is 1. The van der Waals surface area contributed by atoms with E-state index in [1.54, 1.807) is 10.6 Å². The van der Waals surface area contributed by atoms with E-state index in [1.807, 2.05) is 48.1 Å². The number of carbonyl (C=O) groups excluding carboxylic acids is 1. The van der Waals surface area contributed by atoms with Crippen molar-refractivity contribution < 1.29 is 4.79 Å². The Morgan fingerprint density at radius 3 is 2.90 bits per heavy atom. The highest BCUT2D eigenvalue weighted by Gasteiger charge is 2.09. The van der Waals surface area contributed by atoms with Crippen LogP contribution in [0.4, 0.5) is 0 Å². The Morgan fingerprint density at radius 1 is 1.20 bits per heavy atom. The van der Waals surface area contributed by atoms with Crippen LogP contribution in [0.25, 0.3) is 5.65 Å². The van der Waals surface area contributed by atoms with Gasteiger partial charge in [-0.25, -0.2) is 0 Å². The second-order valence-corrected chi connectivity index (χ2v) is 4.56. The van der Waals surface area contributed by atoms with Crippen LogP contribution in [-0.4, -0.2) is 31.6 Å². The van der Waals surface area contributed by atoms with Crippen LogP contribution in [-0.2, 0) is 13.5 Å². The SMILES string of the molecule is Cn1cccc1C(=O)NCCc1nnc2ccccn12. The zero-order valence-electron chi connectivity index (χ0n) is 11.2. The highest BCUT2D eigenvalue weighted by Crippen LogP contribution is 2.03. The molecule has 20 heavy (non-hydrogen) atoms. The van der Waals surface area contributed by atoms with Crippen LogP contribution >= 0.6 is 0 Å². The number of nitrogens with one attached hydrogen (secondary N) is 1. The second kappa shape index (κ2) is 5.16. The molecule has 0 spiro atoms. The lowest BCUT2D eigenvalue weighted by Crippen LogP contribution is -2.27. The number of fused-ring (bicyclic) bond motifs is 1. The number of rotatable bonds is 4. The van der Waals surface area contributed by atoms with Gasteiger partial charge in [0.25, 0.3) is 5.91 Å². The second-order valence-electron chi connectivity index (χ2n) is 4.56. The minimum Gasteiger partial charge on any atom is -0.350 e. The van der Waals surface area contributed by atoms with Crippen LogP contribution < -0.4 is 5.32 Å². The largest absolute Gasteiger partial charge is 0.350 e. The van der Waals surface area contributed by atoms with E-state index in [2.05, 4.69) is 15.5 Å². The first-order chi connectivity index (χ1) is 9.75. The summed E-state index contributed by atoms with van der Waals surface area (Å²) < 4.78 is 3.72. The van der Waals surface area contributed by atoms with E-state index in [9.17, 15) is 4.79 Å². The molecule has 1 amide bonds. The van der Waals surface area contributed by atoms with Crippen LogP contribution in [0.3, 0.4) is 0 Å². The van der Waals surface area contributed by atoms with E-state index in [1.165, 1.54) is 0 Å². The molecule has 102 valence electrons. The maximum absolute atomic E-state index is 11.9. The fourth-order valence-electron chi connectivity index (χ4n) is 2.14. The Morgan fingerprint density at radius 2 is 2.10 bits per heavy atom. The molecule has 0 saturated heterocycles. The number of aryl methyl sites for hydroxylation is 1. The highest BCUT2D eigenvalue weighted by molar-refractivity contribution is 5.92. The smallest absolute Gasteiger partial charge is 0.267 e. The normalized spacial score (nSPS) is 10.8. The Kier molecular flexibility index (Phi) is 3.20. The number of aromatic nitrogens is 4. The first kappa shape index (κ1) is 12.4. The van der Waals surface area contributed by atoms with Crippen molar-refractivity contribution in [3.8, 4) is 0 Å². The molecule has 0 aliphatic carbocycles. The van der Waals surface area contributed by atoms with Gasteiger partial charge in [-0.3, -0.25) is 9.20 Å². The summed E-state index contributed by atoms with van der Waals surface area (Å²) in [5.41, 5.74) is 1.47. The van der Waals surface area contributed by atoms with E-state index in [0.717, 1.165) is 11.5 Å². The van der Waals surface area contributed by atoms with Crippen LogP contribution in [0, 0.1) is 0 Å². The number of amides is 1. The van der Waals surface area contributed by atoms with Gasteiger partial charge in [0.05, 0.1) is 0 Å². The topological polar surface area (TPSA) is 64.2 Å². The quantitative estimate of drug-likeness (QED) is 0.769. The summed E-state index contributed by atoms with van der Waals surface area (Å²) in [7, 11) is 1.85. The molecule has 3 rings (SSSR count). The average Bonchev–Trinajstić information content (AvgIpc) is 3.05. The average molecular weight is 269 g/mol. The van der Waals surface area contributed by atoms with Crippen molar-refractivity contribution in [3.05, 3.63) is 54.2 Å². The molecule has 0 saturated carbocycles. The zero-order valence-corrected chi connectivity index (χ0v) is 11.2. The molecule has 0 aromatic carbocycles. The van der Waals surface area contributed by atoms with Gasteiger partial charge in [0.2, 0.25) is 0 Å². The summed E-state index contributed by atoms with van der Waals surface area (Å²) in [6.45, 7) is 0.527. The number of pyridine rings is 1. The lowest BCUT2D eigenvalue weighted by molar-refractivity contribution is 0.0946. The first-order valence-electron chi connectivity index (χ1n) is 6.44. The van der Waals surface area contributed by atoms with Gasteiger partial charge >= 0.3 is 0 Å². The molecule has 0 bridgehead atoms. The molecule has 0 radical (unpaired) electrons. The van der Waals surface area contributed by atoms with Crippen molar-refractivity contribution in [2.75, 3.05) is 6.54 Å². The van der Waals surface area contributed by atoms with E-state index >= 15 is 0 Å². The minimum absolute atomic E-state index is 0.0775. The third-order valence-corrected chi connectivity index (χ3v) is 3.19. The molecule has 3 heterocycles. The standard InChI is InChI=1S/C14H15N5O/c1-18-9-4-5-11(18)14(20)15-8-7-13-17-16-12-6-2-3-10-19(12)13/h2-6,9-10H,7-8H2,1H3,(H,15,20). The Hall–Kier alpha value is -2.63. The Labute approximate surface area is 116 Å². The third-order valence-electron chi connectivity index (χ3n) is 3.19. The van der Waals surface area contributed by atoms with Gasteiger partial charge in [0.1, 0.15) is 11.5 Å². The zero-order chi connectivity index (χ0) is 13.9. The van der Waals surface area contributed by atoms with Crippen LogP contribution in [0.2, 0.25) is 0 Å². The maximum Gasteiger partial charge on any atom is 0.267 e. The maximum atomic E-state index is 11.9. The minimum atomic E-state index is -0.0775. The predicted molar refractivity (Wildman–Crippen MR) is 74.4 cm³/mol. The highest BCUT2D eigenvalue weighted by atomic mass is 16.1. The van der Waals surface area contributed by atoms with Crippen molar-refractivity contribution in [1.29, 1.82) is 0 Å². The molecule has 0 atom stereocenters. The molecule has 6 heteroatoms. The molecule has 3 aromatic heterocycles.